The molecule has 2 aromatic carbocycles. The molecule has 0 spiro atoms. The smallest absolute Gasteiger partial charge is 0.327 e. The van der Waals surface area contributed by atoms with Gasteiger partial charge in [-0.2, -0.15) is 0 Å². The molecule has 0 aliphatic heterocycles. The second-order valence-electron chi connectivity index (χ2n) is 3.46. The zero-order chi connectivity index (χ0) is 13.4. The highest BCUT2D eigenvalue weighted by Gasteiger charge is 1.95. The lowest BCUT2D eigenvalue weighted by Crippen LogP contribution is -1.82. The van der Waals surface area contributed by atoms with E-state index in [2.05, 4.69) is 6.58 Å². The fourth-order valence-corrected chi connectivity index (χ4v) is 1.32. The molecule has 3 heteroatoms. The summed E-state index contributed by atoms with van der Waals surface area (Å²) in [6.45, 7) is 2.96. The minimum Gasteiger partial charge on any atom is -0.508 e. The number of carboxylic acid groups (broad SMARTS) is 1. The number of phenols is 1. The molecule has 0 atom stereocenters. The molecule has 0 aliphatic rings. The SMILES string of the molecule is C=CC(=O)O.Oc1cccc(-c2ccccc2)c1. The van der Waals surface area contributed by atoms with Gasteiger partial charge in [-0.3, -0.25) is 0 Å². The highest BCUT2D eigenvalue weighted by atomic mass is 16.4. The molecule has 0 unspecified atom stereocenters. The summed E-state index contributed by atoms with van der Waals surface area (Å²) in [6.07, 6.45) is 0.833. The Morgan fingerprint density at radius 2 is 1.56 bits per heavy atom. The molecule has 2 aromatic rings. The van der Waals surface area contributed by atoms with Gasteiger partial charge in [0.15, 0.2) is 0 Å². The van der Waals surface area contributed by atoms with Crippen molar-refractivity contribution in [2.24, 2.45) is 0 Å². The number of carboxylic acids is 1. The van der Waals surface area contributed by atoms with Gasteiger partial charge >= 0.3 is 5.97 Å². The van der Waals surface area contributed by atoms with Crippen LogP contribution in [-0.2, 0) is 4.79 Å². The van der Waals surface area contributed by atoms with Gasteiger partial charge in [0.25, 0.3) is 0 Å². The molecule has 18 heavy (non-hydrogen) atoms. The number of rotatable bonds is 2. The zero-order valence-corrected chi connectivity index (χ0v) is 9.78. The van der Waals surface area contributed by atoms with Crippen molar-refractivity contribution in [3.05, 3.63) is 67.3 Å². The average molecular weight is 242 g/mol. The Bertz CT molecular complexity index is 518. The molecule has 0 heterocycles. The Labute approximate surface area is 106 Å². The average Bonchev–Trinajstić information content (AvgIpc) is 2.40. The van der Waals surface area contributed by atoms with Crippen molar-refractivity contribution in [1.29, 1.82) is 0 Å². The van der Waals surface area contributed by atoms with Crippen LogP contribution >= 0.6 is 0 Å². The molecule has 92 valence electrons. The van der Waals surface area contributed by atoms with Gasteiger partial charge in [0.1, 0.15) is 5.75 Å². The summed E-state index contributed by atoms with van der Waals surface area (Å²) < 4.78 is 0. The quantitative estimate of drug-likeness (QED) is 0.794. The van der Waals surface area contributed by atoms with Gasteiger partial charge in [0, 0.05) is 6.08 Å². The monoisotopic (exact) mass is 242 g/mol. The number of phenolic OH excluding ortho intramolecular Hbond substituents is 1. The van der Waals surface area contributed by atoms with E-state index in [0.29, 0.717) is 5.75 Å². The van der Waals surface area contributed by atoms with Gasteiger partial charge in [0.2, 0.25) is 0 Å². The van der Waals surface area contributed by atoms with Crippen molar-refractivity contribution >= 4 is 5.97 Å². The lowest BCUT2D eigenvalue weighted by atomic mass is 10.1. The standard InChI is InChI=1S/C12H10O.C3H4O2/c13-12-8-4-7-11(9-12)10-5-2-1-3-6-10;1-2-3(4)5/h1-9,13H;2H,1H2,(H,4,5). The molecule has 3 nitrogen and oxygen atoms in total. The summed E-state index contributed by atoms with van der Waals surface area (Å²) >= 11 is 0. The van der Waals surface area contributed by atoms with Crippen molar-refractivity contribution < 1.29 is 15.0 Å². The van der Waals surface area contributed by atoms with Crippen LogP contribution in [0.25, 0.3) is 11.1 Å². The van der Waals surface area contributed by atoms with Gasteiger partial charge < -0.3 is 10.2 Å². The lowest BCUT2D eigenvalue weighted by molar-refractivity contribution is -0.131. The molecular formula is C15H14O3. The summed E-state index contributed by atoms with van der Waals surface area (Å²) in [4.78, 5) is 9.25. The summed E-state index contributed by atoms with van der Waals surface area (Å²) in [5.74, 6) is -0.675. The molecule has 0 bridgehead atoms. The van der Waals surface area contributed by atoms with E-state index in [1.807, 2.05) is 42.5 Å². The maximum atomic E-state index is 9.27. The van der Waals surface area contributed by atoms with Crippen molar-refractivity contribution in [2.45, 2.75) is 0 Å². The van der Waals surface area contributed by atoms with Crippen LogP contribution in [0, 0.1) is 0 Å². The van der Waals surface area contributed by atoms with Gasteiger partial charge in [-0.05, 0) is 23.3 Å². The molecule has 0 saturated heterocycles. The van der Waals surface area contributed by atoms with E-state index in [1.165, 1.54) is 0 Å². The van der Waals surface area contributed by atoms with Crippen molar-refractivity contribution in [3.8, 4) is 16.9 Å². The van der Waals surface area contributed by atoms with Crippen LogP contribution in [0.2, 0.25) is 0 Å². The van der Waals surface area contributed by atoms with Crippen molar-refractivity contribution in [2.75, 3.05) is 0 Å². The molecule has 0 aliphatic carbocycles. The Hall–Kier alpha value is -2.55. The summed E-state index contributed by atoms with van der Waals surface area (Å²) in [6, 6.07) is 17.3. The van der Waals surface area contributed by atoms with Crippen LogP contribution in [0.5, 0.6) is 5.75 Å². The maximum Gasteiger partial charge on any atom is 0.327 e. The highest BCUT2D eigenvalue weighted by Crippen LogP contribution is 2.22. The minimum absolute atomic E-state index is 0.307. The number of hydrogen-bond acceptors (Lipinski definition) is 2. The van der Waals surface area contributed by atoms with E-state index < -0.39 is 5.97 Å². The van der Waals surface area contributed by atoms with Crippen LogP contribution in [0.1, 0.15) is 0 Å². The first-order valence-corrected chi connectivity index (χ1v) is 5.33. The van der Waals surface area contributed by atoms with E-state index >= 15 is 0 Å². The van der Waals surface area contributed by atoms with Crippen LogP contribution in [0.3, 0.4) is 0 Å². The zero-order valence-electron chi connectivity index (χ0n) is 9.78. The largest absolute Gasteiger partial charge is 0.508 e. The number of hydrogen-bond donors (Lipinski definition) is 2. The Balaban J connectivity index is 0.000000280. The van der Waals surface area contributed by atoms with Crippen LogP contribution in [0.15, 0.2) is 67.3 Å². The first-order chi connectivity index (χ1) is 8.63. The molecule has 0 aromatic heterocycles. The second-order valence-corrected chi connectivity index (χ2v) is 3.46. The molecular weight excluding hydrogens is 228 g/mol. The van der Waals surface area contributed by atoms with Gasteiger partial charge in [0.05, 0.1) is 0 Å². The molecule has 0 radical (unpaired) electrons. The maximum absolute atomic E-state index is 9.27. The van der Waals surface area contributed by atoms with Crippen LogP contribution < -0.4 is 0 Å². The fourth-order valence-electron chi connectivity index (χ4n) is 1.32. The number of benzene rings is 2. The molecule has 0 saturated carbocycles. The Morgan fingerprint density at radius 3 is 2.06 bits per heavy atom. The molecule has 2 rings (SSSR count). The Morgan fingerprint density at radius 1 is 1.00 bits per heavy atom. The van der Waals surface area contributed by atoms with Gasteiger partial charge in [-0.15, -0.1) is 0 Å². The predicted octanol–water partition coefficient (Wildman–Crippen LogP) is 3.32. The summed E-state index contributed by atoms with van der Waals surface area (Å²) in [5.41, 5.74) is 2.17. The molecule has 0 amide bonds. The van der Waals surface area contributed by atoms with Crippen molar-refractivity contribution in [1.82, 2.24) is 0 Å². The second kappa shape index (κ2) is 6.91. The predicted molar refractivity (Wildman–Crippen MR) is 71.4 cm³/mol. The lowest BCUT2D eigenvalue weighted by Gasteiger charge is -2.00. The Kier molecular flexibility index (Phi) is 5.19. The van der Waals surface area contributed by atoms with Gasteiger partial charge in [-0.1, -0.05) is 49.0 Å². The van der Waals surface area contributed by atoms with E-state index in [9.17, 15) is 9.90 Å². The molecule has 0 fully saturated rings. The van der Waals surface area contributed by atoms with E-state index in [4.69, 9.17) is 5.11 Å². The first-order valence-electron chi connectivity index (χ1n) is 5.33. The van der Waals surface area contributed by atoms with E-state index in [1.54, 1.807) is 12.1 Å². The van der Waals surface area contributed by atoms with E-state index in [0.717, 1.165) is 17.2 Å². The van der Waals surface area contributed by atoms with Crippen LogP contribution in [-0.4, -0.2) is 16.2 Å². The number of carbonyl (C=O) groups is 1. The fraction of sp³-hybridized carbons (Fsp3) is 0. The third-order valence-electron chi connectivity index (χ3n) is 2.13. The first kappa shape index (κ1) is 13.5. The van der Waals surface area contributed by atoms with E-state index in [-0.39, 0.29) is 0 Å². The van der Waals surface area contributed by atoms with Gasteiger partial charge in [-0.25, -0.2) is 4.79 Å². The number of aliphatic carboxylic acids is 1. The normalized spacial score (nSPS) is 8.89. The summed E-state index contributed by atoms with van der Waals surface area (Å²) in [5, 5.41) is 16.9. The highest BCUT2D eigenvalue weighted by molar-refractivity contribution is 5.78. The molecule has 2 N–H and O–H groups in total. The minimum atomic E-state index is -0.981. The number of aromatic hydroxyl groups is 1. The van der Waals surface area contributed by atoms with Crippen molar-refractivity contribution in [3.63, 3.8) is 0 Å². The third kappa shape index (κ3) is 4.53. The summed E-state index contributed by atoms with van der Waals surface area (Å²) in [7, 11) is 0. The van der Waals surface area contributed by atoms with Crippen LogP contribution in [0.4, 0.5) is 0 Å². The topological polar surface area (TPSA) is 57.5 Å². The third-order valence-corrected chi connectivity index (χ3v) is 2.13.